The smallest absolute Gasteiger partial charge is 0.0631 e. The Bertz CT molecular complexity index is 334. The van der Waals surface area contributed by atoms with Crippen LogP contribution in [0.1, 0.15) is 19.3 Å². The maximum Gasteiger partial charge on any atom is 0.0631 e. The number of rotatable bonds is 2. The number of nitrogens with two attached hydrogens (primary N) is 1. The lowest BCUT2D eigenvalue weighted by Gasteiger charge is -2.16. The number of hydrogen-bond donors (Lipinski definition) is 2. The topological polar surface area (TPSA) is 38.0 Å². The molecule has 1 aromatic carbocycles. The summed E-state index contributed by atoms with van der Waals surface area (Å²) in [4.78, 5) is 0. The lowest BCUT2D eigenvalue weighted by Crippen LogP contribution is -2.21. The molecule has 15 heavy (non-hydrogen) atoms. The molecule has 4 heteroatoms. The van der Waals surface area contributed by atoms with Crippen molar-refractivity contribution in [3.63, 3.8) is 0 Å². The summed E-state index contributed by atoms with van der Waals surface area (Å²) in [7, 11) is 0. The number of halogens is 2. The molecule has 82 valence electrons. The van der Waals surface area contributed by atoms with Crippen molar-refractivity contribution in [1.82, 2.24) is 0 Å². The summed E-state index contributed by atoms with van der Waals surface area (Å²) in [5.41, 5.74) is 7.03. The Morgan fingerprint density at radius 2 is 1.87 bits per heavy atom. The molecule has 0 spiro atoms. The molecule has 0 aromatic heterocycles. The summed E-state index contributed by atoms with van der Waals surface area (Å²) >= 11 is 7.09. The molecule has 1 aromatic rings. The van der Waals surface area contributed by atoms with Gasteiger partial charge in [0.2, 0.25) is 0 Å². The van der Waals surface area contributed by atoms with Gasteiger partial charge in [-0.1, -0.05) is 6.07 Å². The number of benzene rings is 1. The average molecular weight is 334 g/mol. The van der Waals surface area contributed by atoms with Crippen LogP contribution < -0.4 is 11.1 Å². The molecule has 1 aliphatic rings. The van der Waals surface area contributed by atoms with Crippen molar-refractivity contribution in [2.75, 3.05) is 5.32 Å². The van der Waals surface area contributed by atoms with Crippen LogP contribution in [0.15, 0.2) is 27.1 Å². The van der Waals surface area contributed by atoms with E-state index in [0.29, 0.717) is 12.1 Å². The van der Waals surface area contributed by atoms with Gasteiger partial charge in [0.1, 0.15) is 0 Å². The van der Waals surface area contributed by atoms with E-state index < -0.39 is 0 Å². The van der Waals surface area contributed by atoms with Crippen LogP contribution in [0.5, 0.6) is 0 Å². The molecule has 2 rings (SSSR count). The molecule has 1 fully saturated rings. The van der Waals surface area contributed by atoms with E-state index >= 15 is 0 Å². The van der Waals surface area contributed by atoms with E-state index in [1.807, 2.05) is 18.2 Å². The zero-order valence-corrected chi connectivity index (χ0v) is 11.5. The Balaban J connectivity index is 2.10. The minimum atomic E-state index is 0.365. The molecule has 2 nitrogen and oxygen atoms in total. The van der Waals surface area contributed by atoms with Gasteiger partial charge in [-0.2, -0.15) is 0 Å². The van der Waals surface area contributed by atoms with Gasteiger partial charge in [-0.25, -0.2) is 0 Å². The SMILES string of the molecule is NC1CCC(Nc2c(Br)cccc2Br)C1. The second-order valence-electron chi connectivity index (χ2n) is 4.01. The highest BCUT2D eigenvalue weighted by molar-refractivity contribution is 9.11. The van der Waals surface area contributed by atoms with Crippen LogP contribution in [0.25, 0.3) is 0 Å². The van der Waals surface area contributed by atoms with E-state index in [9.17, 15) is 0 Å². The Kier molecular flexibility index (Phi) is 3.69. The summed E-state index contributed by atoms with van der Waals surface area (Å²) in [5.74, 6) is 0. The summed E-state index contributed by atoms with van der Waals surface area (Å²) in [6, 6.07) is 6.97. The fraction of sp³-hybridized carbons (Fsp3) is 0.455. The van der Waals surface area contributed by atoms with E-state index in [0.717, 1.165) is 33.9 Å². The molecule has 0 saturated heterocycles. The fourth-order valence-electron chi connectivity index (χ4n) is 1.99. The fourth-order valence-corrected chi connectivity index (χ4v) is 3.21. The highest BCUT2D eigenvalue weighted by Gasteiger charge is 2.22. The molecular formula is C11H14Br2N2. The third kappa shape index (κ3) is 2.74. The minimum Gasteiger partial charge on any atom is -0.380 e. The molecule has 0 radical (unpaired) electrons. The van der Waals surface area contributed by atoms with Gasteiger partial charge < -0.3 is 11.1 Å². The molecule has 1 saturated carbocycles. The molecule has 0 amide bonds. The first-order valence-electron chi connectivity index (χ1n) is 5.13. The Hall–Kier alpha value is -0.0600. The maximum atomic E-state index is 5.89. The van der Waals surface area contributed by atoms with Gasteiger partial charge >= 0.3 is 0 Å². The normalized spacial score (nSPS) is 25.5. The standard InChI is InChI=1S/C11H14Br2N2/c12-9-2-1-3-10(13)11(9)15-8-5-4-7(14)6-8/h1-3,7-8,15H,4-6,14H2. The van der Waals surface area contributed by atoms with Gasteiger partial charge in [0.25, 0.3) is 0 Å². The van der Waals surface area contributed by atoms with Gasteiger partial charge in [-0.05, 0) is 63.3 Å². The molecule has 0 heterocycles. The maximum absolute atomic E-state index is 5.89. The van der Waals surface area contributed by atoms with Crippen molar-refractivity contribution < 1.29 is 0 Å². The molecule has 0 aliphatic heterocycles. The van der Waals surface area contributed by atoms with E-state index in [1.165, 1.54) is 0 Å². The van der Waals surface area contributed by atoms with Crippen molar-refractivity contribution in [2.24, 2.45) is 5.73 Å². The van der Waals surface area contributed by atoms with Crippen molar-refractivity contribution in [1.29, 1.82) is 0 Å². The van der Waals surface area contributed by atoms with E-state index in [1.54, 1.807) is 0 Å². The Labute approximate surface area is 107 Å². The quantitative estimate of drug-likeness (QED) is 0.869. The Morgan fingerprint density at radius 3 is 2.40 bits per heavy atom. The highest BCUT2D eigenvalue weighted by atomic mass is 79.9. The molecule has 3 N–H and O–H groups in total. The second-order valence-corrected chi connectivity index (χ2v) is 5.72. The van der Waals surface area contributed by atoms with Crippen molar-refractivity contribution in [3.05, 3.63) is 27.1 Å². The predicted molar refractivity (Wildman–Crippen MR) is 71.1 cm³/mol. The molecule has 0 bridgehead atoms. The van der Waals surface area contributed by atoms with Crippen LogP contribution in [0, 0.1) is 0 Å². The molecule has 2 unspecified atom stereocenters. The Morgan fingerprint density at radius 1 is 1.20 bits per heavy atom. The van der Waals surface area contributed by atoms with Crippen LogP contribution in [0.2, 0.25) is 0 Å². The number of anilines is 1. The lowest BCUT2D eigenvalue weighted by atomic mass is 10.2. The van der Waals surface area contributed by atoms with Crippen molar-refractivity contribution >= 4 is 37.5 Å². The zero-order chi connectivity index (χ0) is 10.8. The van der Waals surface area contributed by atoms with E-state index in [4.69, 9.17) is 5.73 Å². The van der Waals surface area contributed by atoms with Crippen molar-refractivity contribution in [3.8, 4) is 0 Å². The summed E-state index contributed by atoms with van der Waals surface area (Å²) in [5, 5.41) is 3.53. The largest absolute Gasteiger partial charge is 0.380 e. The van der Waals surface area contributed by atoms with Crippen molar-refractivity contribution in [2.45, 2.75) is 31.3 Å². The first-order valence-corrected chi connectivity index (χ1v) is 6.71. The first kappa shape index (κ1) is 11.4. The van der Waals surface area contributed by atoms with Gasteiger partial charge in [-0.3, -0.25) is 0 Å². The molecule has 1 aliphatic carbocycles. The van der Waals surface area contributed by atoms with E-state index in [-0.39, 0.29) is 0 Å². The van der Waals surface area contributed by atoms with E-state index in [2.05, 4.69) is 37.2 Å². The van der Waals surface area contributed by atoms with Gasteiger partial charge in [0, 0.05) is 21.0 Å². The highest BCUT2D eigenvalue weighted by Crippen LogP contribution is 2.33. The molecule has 2 atom stereocenters. The summed E-state index contributed by atoms with van der Waals surface area (Å²) in [6.45, 7) is 0. The van der Waals surface area contributed by atoms with Crippen LogP contribution in [0.4, 0.5) is 5.69 Å². The summed E-state index contributed by atoms with van der Waals surface area (Å²) < 4.78 is 2.19. The first-order chi connectivity index (χ1) is 7.16. The third-order valence-corrected chi connectivity index (χ3v) is 4.11. The lowest BCUT2D eigenvalue weighted by molar-refractivity contribution is 0.687. The minimum absolute atomic E-state index is 0.365. The van der Waals surface area contributed by atoms with Gasteiger partial charge in [0.05, 0.1) is 5.69 Å². The second kappa shape index (κ2) is 4.85. The molecular weight excluding hydrogens is 320 g/mol. The average Bonchev–Trinajstić information content (AvgIpc) is 2.58. The van der Waals surface area contributed by atoms with Crippen LogP contribution >= 0.6 is 31.9 Å². The van der Waals surface area contributed by atoms with Gasteiger partial charge in [0.15, 0.2) is 0 Å². The van der Waals surface area contributed by atoms with Crippen LogP contribution in [-0.4, -0.2) is 12.1 Å². The monoisotopic (exact) mass is 332 g/mol. The number of para-hydroxylation sites is 1. The predicted octanol–water partition coefficient (Wildman–Crippen LogP) is 3.50. The number of hydrogen-bond acceptors (Lipinski definition) is 2. The third-order valence-electron chi connectivity index (χ3n) is 2.78. The van der Waals surface area contributed by atoms with Crippen LogP contribution in [0.3, 0.4) is 0 Å². The van der Waals surface area contributed by atoms with Crippen LogP contribution in [-0.2, 0) is 0 Å². The van der Waals surface area contributed by atoms with Gasteiger partial charge in [-0.15, -0.1) is 0 Å². The zero-order valence-electron chi connectivity index (χ0n) is 8.34. The summed E-state index contributed by atoms with van der Waals surface area (Å²) in [6.07, 6.45) is 3.35. The number of nitrogens with one attached hydrogen (secondary N) is 1.